The Bertz CT molecular complexity index is 1090. The summed E-state index contributed by atoms with van der Waals surface area (Å²) in [5, 5.41) is 8.97. The highest BCUT2D eigenvalue weighted by atomic mass is 16.5. The molecule has 0 spiro atoms. The molecule has 1 N–H and O–H groups in total. The number of ether oxygens (including phenoxy) is 1. The number of amides is 1. The summed E-state index contributed by atoms with van der Waals surface area (Å²) >= 11 is 0. The zero-order valence-corrected chi connectivity index (χ0v) is 15.3. The minimum atomic E-state index is -0.0763. The molecule has 1 amide bonds. The van der Waals surface area contributed by atoms with Crippen molar-refractivity contribution in [2.75, 3.05) is 7.11 Å². The standard InChI is InChI=1S/C21H19N3O4/c1-26-17-7-6-15-11-14(4-5-16(15)12-17)13-22-19(25)8-9-20-23-21(24-28-20)18-3-2-10-27-18/h2-7,10-12H,8-9,13H2,1H3,(H,22,25). The fourth-order valence-corrected chi connectivity index (χ4v) is 2.88. The van der Waals surface area contributed by atoms with Crippen molar-refractivity contribution in [2.45, 2.75) is 19.4 Å². The van der Waals surface area contributed by atoms with Gasteiger partial charge in [-0.2, -0.15) is 4.98 Å². The molecule has 4 aromatic rings. The lowest BCUT2D eigenvalue weighted by atomic mass is 10.1. The molecule has 0 atom stereocenters. The van der Waals surface area contributed by atoms with Crippen LogP contribution in [0, 0.1) is 0 Å². The number of furan rings is 1. The predicted octanol–water partition coefficient (Wildman–Crippen LogP) is 3.74. The van der Waals surface area contributed by atoms with Gasteiger partial charge in [-0.05, 0) is 46.7 Å². The van der Waals surface area contributed by atoms with Crippen molar-refractivity contribution in [3.05, 3.63) is 66.2 Å². The van der Waals surface area contributed by atoms with E-state index in [9.17, 15) is 4.79 Å². The molecule has 0 aliphatic rings. The molecule has 2 aromatic heterocycles. The van der Waals surface area contributed by atoms with E-state index in [0.29, 0.717) is 30.4 Å². The Morgan fingerprint density at radius 1 is 1.14 bits per heavy atom. The first kappa shape index (κ1) is 17.8. The molecule has 7 nitrogen and oxygen atoms in total. The number of fused-ring (bicyclic) bond motifs is 1. The molecule has 0 aliphatic heterocycles. The van der Waals surface area contributed by atoms with E-state index in [0.717, 1.165) is 22.1 Å². The number of hydrogen-bond donors (Lipinski definition) is 1. The molecule has 7 heteroatoms. The van der Waals surface area contributed by atoms with Crippen LogP contribution in [0.2, 0.25) is 0 Å². The number of nitrogens with one attached hydrogen (secondary N) is 1. The van der Waals surface area contributed by atoms with E-state index in [1.165, 1.54) is 0 Å². The third-order valence-electron chi connectivity index (χ3n) is 4.38. The Hall–Kier alpha value is -3.61. The van der Waals surface area contributed by atoms with E-state index >= 15 is 0 Å². The predicted molar refractivity (Wildman–Crippen MR) is 103 cm³/mol. The van der Waals surface area contributed by atoms with Crippen LogP contribution in [-0.4, -0.2) is 23.2 Å². The highest BCUT2D eigenvalue weighted by molar-refractivity contribution is 5.84. The van der Waals surface area contributed by atoms with Crippen LogP contribution in [-0.2, 0) is 17.8 Å². The second-order valence-corrected chi connectivity index (χ2v) is 6.31. The van der Waals surface area contributed by atoms with Gasteiger partial charge in [0.1, 0.15) is 5.75 Å². The number of aromatic nitrogens is 2. The molecule has 142 valence electrons. The maximum Gasteiger partial charge on any atom is 0.238 e. The molecule has 0 bridgehead atoms. The second-order valence-electron chi connectivity index (χ2n) is 6.31. The van der Waals surface area contributed by atoms with Crippen LogP contribution in [0.25, 0.3) is 22.4 Å². The maximum absolute atomic E-state index is 12.1. The molecular formula is C21H19N3O4. The molecule has 0 unspecified atom stereocenters. The number of methoxy groups -OCH3 is 1. The molecule has 2 heterocycles. The molecule has 0 saturated carbocycles. The Labute approximate surface area is 161 Å². The molecule has 4 rings (SSSR count). The highest BCUT2D eigenvalue weighted by Gasteiger charge is 2.12. The third kappa shape index (κ3) is 4.03. The molecule has 2 aromatic carbocycles. The Morgan fingerprint density at radius 2 is 2.00 bits per heavy atom. The summed E-state index contributed by atoms with van der Waals surface area (Å²) in [4.78, 5) is 16.4. The van der Waals surface area contributed by atoms with E-state index in [4.69, 9.17) is 13.7 Å². The van der Waals surface area contributed by atoms with Crippen LogP contribution in [0.1, 0.15) is 17.9 Å². The van der Waals surface area contributed by atoms with E-state index in [1.54, 1.807) is 25.5 Å². The summed E-state index contributed by atoms with van der Waals surface area (Å²) in [7, 11) is 1.65. The number of benzene rings is 2. The molecule has 28 heavy (non-hydrogen) atoms. The number of carbonyl (C=O) groups is 1. The SMILES string of the molecule is COc1ccc2cc(CNC(=O)CCc3nc(-c4ccco4)no3)ccc2c1. The molecule has 0 saturated heterocycles. The van der Waals surface area contributed by atoms with E-state index in [2.05, 4.69) is 21.5 Å². The zero-order chi connectivity index (χ0) is 19.3. The van der Waals surface area contributed by atoms with Gasteiger partial charge in [-0.25, -0.2) is 0 Å². The number of nitrogens with zero attached hydrogens (tertiary/aromatic N) is 2. The van der Waals surface area contributed by atoms with Gasteiger partial charge in [0.05, 0.1) is 13.4 Å². The summed E-state index contributed by atoms with van der Waals surface area (Å²) in [5.41, 5.74) is 1.03. The van der Waals surface area contributed by atoms with Gasteiger partial charge in [0.2, 0.25) is 17.6 Å². The Morgan fingerprint density at radius 3 is 2.82 bits per heavy atom. The van der Waals surface area contributed by atoms with Gasteiger partial charge in [0, 0.05) is 19.4 Å². The summed E-state index contributed by atoms with van der Waals surface area (Å²) in [6, 6.07) is 15.5. The van der Waals surface area contributed by atoms with Crippen molar-refractivity contribution in [1.29, 1.82) is 0 Å². The van der Waals surface area contributed by atoms with Crippen LogP contribution in [0.4, 0.5) is 0 Å². The minimum Gasteiger partial charge on any atom is -0.497 e. The smallest absolute Gasteiger partial charge is 0.238 e. The Kier molecular flexibility index (Phi) is 5.05. The zero-order valence-electron chi connectivity index (χ0n) is 15.3. The first-order valence-electron chi connectivity index (χ1n) is 8.91. The van der Waals surface area contributed by atoms with E-state index < -0.39 is 0 Å². The van der Waals surface area contributed by atoms with Crippen molar-refractivity contribution in [2.24, 2.45) is 0 Å². The van der Waals surface area contributed by atoms with Gasteiger partial charge in [0.25, 0.3) is 0 Å². The van der Waals surface area contributed by atoms with Crippen molar-refractivity contribution >= 4 is 16.7 Å². The largest absolute Gasteiger partial charge is 0.497 e. The normalized spacial score (nSPS) is 10.9. The summed E-state index contributed by atoms with van der Waals surface area (Å²) in [6.07, 6.45) is 2.18. The summed E-state index contributed by atoms with van der Waals surface area (Å²) < 4.78 is 15.6. The highest BCUT2D eigenvalue weighted by Crippen LogP contribution is 2.22. The van der Waals surface area contributed by atoms with Gasteiger partial charge < -0.3 is 19.0 Å². The lowest BCUT2D eigenvalue weighted by molar-refractivity contribution is -0.121. The summed E-state index contributed by atoms with van der Waals surface area (Å²) in [6.45, 7) is 0.461. The fraction of sp³-hybridized carbons (Fsp3) is 0.190. The molecule has 0 fully saturated rings. The monoisotopic (exact) mass is 377 g/mol. The summed E-state index contributed by atoms with van der Waals surface area (Å²) in [5.74, 6) is 2.07. The van der Waals surface area contributed by atoms with E-state index in [-0.39, 0.29) is 12.3 Å². The van der Waals surface area contributed by atoms with Crippen LogP contribution < -0.4 is 10.1 Å². The maximum atomic E-state index is 12.1. The van der Waals surface area contributed by atoms with Gasteiger partial charge in [-0.1, -0.05) is 23.4 Å². The number of rotatable bonds is 7. The lowest BCUT2D eigenvalue weighted by Crippen LogP contribution is -2.23. The van der Waals surface area contributed by atoms with Crippen molar-refractivity contribution in [3.8, 4) is 17.3 Å². The van der Waals surface area contributed by atoms with E-state index in [1.807, 2.05) is 30.3 Å². The molecular weight excluding hydrogens is 358 g/mol. The average molecular weight is 377 g/mol. The third-order valence-corrected chi connectivity index (χ3v) is 4.38. The first-order chi connectivity index (χ1) is 13.7. The van der Waals surface area contributed by atoms with Gasteiger partial charge in [-0.3, -0.25) is 4.79 Å². The van der Waals surface area contributed by atoms with Crippen LogP contribution in [0.15, 0.2) is 63.7 Å². The molecule has 0 radical (unpaired) electrons. The fourth-order valence-electron chi connectivity index (χ4n) is 2.88. The average Bonchev–Trinajstić information content (AvgIpc) is 3.41. The minimum absolute atomic E-state index is 0.0763. The number of hydrogen-bond acceptors (Lipinski definition) is 6. The quantitative estimate of drug-likeness (QED) is 0.528. The first-order valence-corrected chi connectivity index (χ1v) is 8.91. The number of aryl methyl sites for hydroxylation is 1. The van der Waals surface area contributed by atoms with Gasteiger partial charge in [-0.15, -0.1) is 0 Å². The van der Waals surface area contributed by atoms with Crippen LogP contribution in [0.3, 0.4) is 0 Å². The lowest BCUT2D eigenvalue weighted by Gasteiger charge is -2.07. The number of carbonyl (C=O) groups excluding carboxylic acids is 1. The topological polar surface area (TPSA) is 90.4 Å². The van der Waals surface area contributed by atoms with Gasteiger partial charge >= 0.3 is 0 Å². The van der Waals surface area contributed by atoms with Crippen molar-refractivity contribution < 1.29 is 18.5 Å². The Balaban J connectivity index is 1.30. The van der Waals surface area contributed by atoms with Crippen molar-refractivity contribution in [3.63, 3.8) is 0 Å². The van der Waals surface area contributed by atoms with Crippen LogP contribution >= 0.6 is 0 Å². The van der Waals surface area contributed by atoms with Crippen LogP contribution in [0.5, 0.6) is 5.75 Å². The van der Waals surface area contributed by atoms with Crippen molar-refractivity contribution in [1.82, 2.24) is 15.5 Å². The second kappa shape index (κ2) is 7.96. The molecule has 0 aliphatic carbocycles. The van der Waals surface area contributed by atoms with Gasteiger partial charge in [0.15, 0.2) is 5.76 Å².